The second kappa shape index (κ2) is 6.71. The molecule has 0 spiro atoms. The minimum absolute atomic E-state index is 0.354. The summed E-state index contributed by atoms with van der Waals surface area (Å²) in [5.41, 5.74) is 2.49. The van der Waals surface area contributed by atoms with Crippen molar-refractivity contribution in [3.8, 4) is 0 Å². The van der Waals surface area contributed by atoms with Gasteiger partial charge in [0.1, 0.15) is 0 Å². The van der Waals surface area contributed by atoms with Crippen LogP contribution in [0.15, 0.2) is 52.5 Å². The third kappa shape index (κ3) is 3.34. The van der Waals surface area contributed by atoms with Crippen LogP contribution in [0.1, 0.15) is 35.8 Å². The van der Waals surface area contributed by atoms with E-state index < -0.39 is 5.97 Å². The number of unbranched alkanes of at least 4 members (excludes halogenated alkanes) is 1. The average molecular weight is 311 g/mol. The van der Waals surface area contributed by atoms with Crippen molar-refractivity contribution >= 4 is 29.3 Å². The van der Waals surface area contributed by atoms with Gasteiger partial charge < -0.3 is 4.74 Å². The summed E-state index contributed by atoms with van der Waals surface area (Å²) in [7, 11) is 0. The van der Waals surface area contributed by atoms with Gasteiger partial charge >= 0.3 is 5.97 Å². The molecule has 3 nitrogen and oxygen atoms in total. The molecule has 1 aliphatic rings. The Morgan fingerprint density at radius 2 is 2.05 bits per heavy atom. The molecule has 0 radical (unpaired) electrons. The van der Waals surface area contributed by atoms with E-state index in [9.17, 15) is 4.79 Å². The van der Waals surface area contributed by atoms with Gasteiger partial charge in [0.05, 0.1) is 0 Å². The smallest absolute Gasteiger partial charge is 0.363 e. The Hall–Kier alpha value is -2.20. The standard InChI is InChI=1S/C18H17NO2S/c1-2-3-5-13-7-9-14(10-8-13)17-19-16(18(20)21-17)12-15-6-4-11-22-15/h4,6-12H,2-3,5H2,1H3/b16-12+. The molecule has 2 aromatic rings. The van der Waals surface area contributed by atoms with Gasteiger partial charge in [-0.05, 0) is 48.1 Å². The predicted octanol–water partition coefficient (Wildman–Crippen LogP) is 4.44. The molecule has 0 atom stereocenters. The SMILES string of the molecule is CCCCc1ccc(C2=N/C(=C/c3cccs3)C(=O)O2)cc1. The molecule has 0 unspecified atom stereocenters. The molecule has 0 amide bonds. The van der Waals surface area contributed by atoms with Gasteiger partial charge in [-0.2, -0.15) is 0 Å². The Labute approximate surface area is 134 Å². The molecule has 0 fully saturated rings. The zero-order valence-corrected chi connectivity index (χ0v) is 13.2. The first-order valence-corrected chi connectivity index (χ1v) is 8.29. The Bertz CT molecular complexity index is 712. The van der Waals surface area contributed by atoms with Crippen molar-refractivity contribution in [3.05, 3.63) is 63.5 Å². The molecule has 1 aliphatic heterocycles. The van der Waals surface area contributed by atoms with Crippen LogP contribution in [0.4, 0.5) is 0 Å². The number of rotatable bonds is 5. The van der Waals surface area contributed by atoms with Crippen molar-refractivity contribution in [1.82, 2.24) is 0 Å². The monoisotopic (exact) mass is 311 g/mol. The molecule has 0 N–H and O–H groups in total. The maximum atomic E-state index is 11.9. The number of aliphatic imine (C=N–C) groups is 1. The summed E-state index contributed by atoms with van der Waals surface area (Å²) in [6, 6.07) is 12.0. The maximum absolute atomic E-state index is 11.9. The van der Waals surface area contributed by atoms with Crippen molar-refractivity contribution < 1.29 is 9.53 Å². The topological polar surface area (TPSA) is 38.7 Å². The molecular formula is C18H17NO2S. The quantitative estimate of drug-likeness (QED) is 0.605. The van der Waals surface area contributed by atoms with E-state index in [1.54, 1.807) is 17.4 Å². The highest BCUT2D eigenvalue weighted by atomic mass is 32.1. The molecule has 4 heteroatoms. The number of ether oxygens (including phenoxy) is 1. The first-order chi connectivity index (χ1) is 10.8. The summed E-state index contributed by atoms with van der Waals surface area (Å²) >= 11 is 1.56. The van der Waals surface area contributed by atoms with Gasteiger partial charge in [-0.15, -0.1) is 11.3 Å². The van der Waals surface area contributed by atoms with Crippen LogP contribution in [-0.4, -0.2) is 11.9 Å². The number of carbonyl (C=O) groups is 1. The van der Waals surface area contributed by atoms with Crippen LogP contribution in [0, 0.1) is 0 Å². The molecular weight excluding hydrogens is 294 g/mol. The van der Waals surface area contributed by atoms with Crippen LogP contribution in [0.2, 0.25) is 0 Å². The summed E-state index contributed by atoms with van der Waals surface area (Å²) < 4.78 is 5.28. The minimum Gasteiger partial charge on any atom is -0.402 e. The van der Waals surface area contributed by atoms with Crippen LogP contribution in [0.3, 0.4) is 0 Å². The predicted molar refractivity (Wildman–Crippen MR) is 90.0 cm³/mol. The van der Waals surface area contributed by atoms with E-state index in [4.69, 9.17) is 4.74 Å². The Morgan fingerprint density at radius 1 is 1.23 bits per heavy atom. The zero-order chi connectivity index (χ0) is 15.4. The molecule has 22 heavy (non-hydrogen) atoms. The number of nitrogens with zero attached hydrogens (tertiary/aromatic N) is 1. The van der Waals surface area contributed by atoms with Gasteiger partial charge in [-0.3, -0.25) is 0 Å². The first-order valence-electron chi connectivity index (χ1n) is 7.41. The second-order valence-corrected chi connectivity index (χ2v) is 6.13. The van der Waals surface area contributed by atoms with E-state index in [2.05, 4.69) is 24.0 Å². The number of carbonyl (C=O) groups excluding carboxylic acids is 1. The third-order valence-electron chi connectivity index (χ3n) is 3.46. The van der Waals surface area contributed by atoms with Crippen molar-refractivity contribution in [2.75, 3.05) is 0 Å². The molecule has 1 aromatic carbocycles. The second-order valence-electron chi connectivity index (χ2n) is 5.15. The van der Waals surface area contributed by atoms with Crippen LogP contribution in [0.5, 0.6) is 0 Å². The largest absolute Gasteiger partial charge is 0.402 e. The maximum Gasteiger partial charge on any atom is 0.363 e. The van der Waals surface area contributed by atoms with Crippen LogP contribution >= 0.6 is 11.3 Å². The van der Waals surface area contributed by atoms with E-state index in [0.717, 1.165) is 16.9 Å². The number of aryl methyl sites for hydroxylation is 1. The molecule has 3 rings (SSSR count). The molecule has 1 aromatic heterocycles. The fraction of sp³-hybridized carbons (Fsp3) is 0.222. The molecule has 0 saturated heterocycles. The Morgan fingerprint density at radius 3 is 2.73 bits per heavy atom. The first kappa shape index (κ1) is 14.7. The van der Waals surface area contributed by atoms with Gasteiger partial charge in [0, 0.05) is 10.4 Å². The normalized spacial score (nSPS) is 16.0. The van der Waals surface area contributed by atoms with Gasteiger partial charge in [0.25, 0.3) is 0 Å². The van der Waals surface area contributed by atoms with Crippen LogP contribution in [-0.2, 0) is 16.0 Å². The molecule has 0 aliphatic carbocycles. The molecule has 0 saturated carbocycles. The van der Waals surface area contributed by atoms with Crippen molar-refractivity contribution in [3.63, 3.8) is 0 Å². The number of thiophene rings is 1. The highest BCUT2D eigenvalue weighted by Gasteiger charge is 2.24. The van der Waals surface area contributed by atoms with E-state index in [-0.39, 0.29) is 0 Å². The summed E-state index contributed by atoms with van der Waals surface area (Å²) in [4.78, 5) is 17.2. The summed E-state index contributed by atoms with van der Waals surface area (Å²) in [6.45, 7) is 2.18. The van der Waals surface area contributed by atoms with E-state index >= 15 is 0 Å². The van der Waals surface area contributed by atoms with Gasteiger partial charge in [0.15, 0.2) is 5.70 Å². The van der Waals surface area contributed by atoms with E-state index in [1.165, 1.54) is 18.4 Å². The van der Waals surface area contributed by atoms with Crippen molar-refractivity contribution in [2.45, 2.75) is 26.2 Å². The van der Waals surface area contributed by atoms with Crippen molar-refractivity contribution in [2.24, 2.45) is 4.99 Å². The Balaban J connectivity index is 1.79. The average Bonchev–Trinajstić information content (AvgIpc) is 3.17. The lowest BCUT2D eigenvalue weighted by molar-refractivity contribution is -0.129. The highest BCUT2D eigenvalue weighted by molar-refractivity contribution is 7.10. The number of hydrogen-bond acceptors (Lipinski definition) is 4. The van der Waals surface area contributed by atoms with E-state index in [0.29, 0.717) is 11.6 Å². The van der Waals surface area contributed by atoms with Crippen molar-refractivity contribution in [1.29, 1.82) is 0 Å². The summed E-state index contributed by atoms with van der Waals surface area (Å²) in [5.74, 6) is -0.00620. The minimum atomic E-state index is -0.390. The molecule has 0 bridgehead atoms. The van der Waals surface area contributed by atoms with E-state index in [1.807, 2.05) is 29.6 Å². The van der Waals surface area contributed by atoms with Crippen LogP contribution < -0.4 is 0 Å². The summed E-state index contributed by atoms with van der Waals surface area (Å²) in [5, 5.41) is 1.96. The molecule has 2 heterocycles. The highest BCUT2D eigenvalue weighted by Crippen LogP contribution is 2.21. The fourth-order valence-electron chi connectivity index (χ4n) is 2.24. The number of benzene rings is 1. The fourth-order valence-corrected chi connectivity index (χ4v) is 2.89. The van der Waals surface area contributed by atoms with Crippen LogP contribution in [0.25, 0.3) is 6.08 Å². The number of esters is 1. The Kier molecular flexibility index (Phi) is 4.49. The molecule has 112 valence electrons. The lowest BCUT2D eigenvalue weighted by atomic mass is 10.1. The zero-order valence-electron chi connectivity index (χ0n) is 12.4. The lowest BCUT2D eigenvalue weighted by Crippen LogP contribution is -2.05. The lowest BCUT2D eigenvalue weighted by Gasteiger charge is -2.02. The van der Waals surface area contributed by atoms with Gasteiger partial charge in [0.2, 0.25) is 5.90 Å². The summed E-state index contributed by atoms with van der Waals surface area (Å²) in [6.07, 6.45) is 5.20. The van der Waals surface area contributed by atoms with Gasteiger partial charge in [-0.1, -0.05) is 31.5 Å². The number of cyclic esters (lactones) is 1. The van der Waals surface area contributed by atoms with Gasteiger partial charge in [-0.25, -0.2) is 9.79 Å². The number of hydrogen-bond donors (Lipinski definition) is 0. The third-order valence-corrected chi connectivity index (χ3v) is 4.28.